The molecule has 1 aliphatic carbocycles. The molecule has 0 aromatic heterocycles. The third-order valence-corrected chi connectivity index (χ3v) is 4.72. The van der Waals surface area contributed by atoms with Gasteiger partial charge in [-0.05, 0) is 60.4 Å². The maximum absolute atomic E-state index is 2.44. The highest BCUT2D eigenvalue weighted by Gasteiger charge is 2.20. The van der Waals surface area contributed by atoms with Crippen LogP contribution in [0.4, 0.5) is 0 Å². The molecule has 1 aliphatic rings. The monoisotopic (exact) mass is 290 g/mol. The minimum Gasteiger partial charge on any atom is -0.0655 e. The first-order valence-corrected chi connectivity index (χ1v) is 8.43. The highest BCUT2D eigenvalue weighted by atomic mass is 14.2. The van der Waals surface area contributed by atoms with E-state index in [1.54, 1.807) is 5.57 Å². The highest BCUT2D eigenvalue weighted by Crippen LogP contribution is 2.40. The Balaban J connectivity index is 2.29. The molecule has 0 N–H and O–H groups in total. The van der Waals surface area contributed by atoms with Gasteiger partial charge in [-0.15, -0.1) is 0 Å². The van der Waals surface area contributed by atoms with Crippen molar-refractivity contribution in [2.75, 3.05) is 0 Å². The summed E-state index contributed by atoms with van der Waals surface area (Å²) in [6.07, 6.45) is 4.72. The van der Waals surface area contributed by atoms with Crippen LogP contribution in [0.3, 0.4) is 0 Å². The van der Waals surface area contributed by atoms with Gasteiger partial charge in [0.15, 0.2) is 0 Å². The van der Waals surface area contributed by atoms with Crippen LogP contribution >= 0.6 is 0 Å². The number of allylic oxidation sites excluding steroid dienone is 1. The number of hydrogen-bond acceptors (Lipinski definition) is 0. The van der Waals surface area contributed by atoms with E-state index >= 15 is 0 Å². The summed E-state index contributed by atoms with van der Waals surface area (Å²) in [5.41, 5.74) is 11.5. The Labute approximate surface area is 134 Å². The predicted molar refractivity (Wildman–Crippen MR) is 97.4 cm³/mol. The van der Waals surface area contributed by atoms with Gasteiger partial charge < -0.3 is 0 Å². The van der Waals surface area contributed by atoms with E-state index in [-0.39, 0.29) is 0 Å². The summed E-state index contributed by atoms with van der Waals surface area (Å²) in [6, 6.07) is 11.6. The minimum atomic E-state index is 0.542. The molecule has 0 radical (unpaired) electrons. The first-order chi connectivity index (χ1) is 10.5. The lowest BCUT2D eigenvalue weighted by Gasteiger charge is -2.18. The van der Waals surface area contributed by atoms with Crippen molar-refractivity contribution >= 4 is 6.08 Å². The molecule has 0 aliphatic heterocycles. The van der Waals surface area contributed by atoms with Crippen molar-refractivity contribution < 1.29 is 0 Å². The number of rotatable bonds is 3. The molecule has 3 rings (SSSR count). The quantitative estimate of drug-likeness (QED) is 0.610. The molecular formula is C22H26. The molecule has 114 valence electrons. The zero-order chi connectivity index (χ0) is 15.9. The Bertz CT molecular complexity index is 725. The van der Waals surface area contributed by atoms with Gasteiger partial charge in [-0.25, -0.2) is 0 Å². The number of aryl methyl sites for hydroxylation is 2. The summed E-state index contributed by atoms with van der Waals surface area (Å²) in [5.74, 6) is 0.542. The molecule has 0 atom stereocenters. The van der Waals surface area contributed by atoms with Gasteiger partial charge in [0, 0.05) is 0 Å². The largest absolute Gasteiger partial charge is 0.0655 e. The van der Waals surface area contributed by atoms with Crippen LogP contribution in [-0.4, -0.2) is 0 Å². The molecule has 2 aromatic rings. The van der Waals surface area contributed by atoms with E-state index in [0.717, 1.165) is 12.8 Å². The summed E-state index contributed by atoms with van der Waals surface area (Å²) in [4.78, 5) is 0. The average molecular weight is 290 g/mol. The van der Waals surface area contributed by atoms with Crippen LogP contribution in [0.5, 0.6) is 0 Å². The molecule has 0 unspecified atom stereocenters. The van der Waals surface area contributed by atoms with Gasteiger partial charge in [0.05, 0.1) is 0 Å². The van der Waals surface area contributed by atoms with Gasteiger partial charge in [0.2, 0.25) is 0 Å². The molecule has 22 heavy (non-hydrogen) atoms. The van der Waals surface area contributed by atoms with Crippen molar-refractivity contribution in [1.29, 1.82) is 0 Å². The minimum absolute atomic E-state index is 0.542. The average Bonchev–Trinajstić information content (AvgIpc) is 2.87. The summed E-state index contributed by atoms with van der Waals surface area (Å²) in [5, 5.41) is 0. The van der Waals surface area contributed by atoms with Crippen LogP contribution in [0.25, 0.3) is 17.2 Å². The van der Waals surface area contributed by atoms with E-state index < -0.39 is 0 Å². The second-order valence-corrected chi connectivity index (χ2v) is 6.97. The first kappa shape index (κ1) is 15.1. The Kier molecular flexibility index (Phi) is 3.95. The molecule has 0 fully saturated rings. The van der Waals surface area contributed by atoms with Gasteiger partial charge in [-0.1, -0.05) is 73.9 Å². The summed E-state index contributed by atoms with van der Waals surface area (Å²) in [6.45, 7) is 11.3. The van der Waals surface area contributed by atoms with E-state index in [2.05, 4.69) is 71.0 Å². The topological polar surface area (TPSA) is 0 Å². The maximum Gasteiger partial charge on any atom is -0.00577 e. The predicted octanol–water partition coefficient (Wildman–Crippen LogP) is 6.44. The van der Waals surface area contributed by atoms with Crippen LogP contribution in [0.15, 0.2) is 35.9 Å². The number of hydrogen-bond donors (Lipinski definition) is 0. The molecule has 0 amide bonds. The third-order valence-electron chi connectivity index (χ3n) is 4.72. The fourth-order valence-corrected chi connectivity index (χ4v) is 3.65. The van der Waals surface area contributed by atoms with Crippen LogP contribution in [0.2, 0.25) is 0 Å². The molecule has 0 heteroatoms. The molecular weight excluding hydrogens is 264 g/mol. The van der Waals surface area contributed by atoms with Gasteiger partial charge in [-0.2, -0.15) is 0 Å². The summed E-state index contributed by atoms with van der Waals surface area (Å²) in [7, 11) is 0. The molecule has 0 heterocycles. The molecule has 0 saturated carbocycles. The van der Waals surface area contributed by atoms with Crippen LogP contribution in [0, 0.1) is 13.8 Å². The highest BCUT2D eigenvalue weighted by molar-refractivity contribution is 5.84. The normalized spacial score (nSPS) is 13.5. The molecule has 0 bridgehead atoms. The van der Waals surface area contributed by atoms with Gasteiger partial charge in [0.25, 0.3) is 0 Å². The van der Waals surface area contributed by atoms with Gasteiger partial charge >= 0.3 is 0 Å². The van der Waals surface area contributed by atoms with E-state index in [1.165, 1.54) is 38.9 Å². The van der Waals surface area contributed by atoms with Crippen LogP contribution in [-0.2, 0) is 6.42 Å². The summed E-state index contributed by atoms with van der Waals surface area (Å²) >= 11 is 0. The van der Waals surface area contributed by atoms with E-state index in [9.17, 15) is 0 Å². The molecule has 0 nitrogen and oxygen atoms in total. The van der Waals surface area contributed by atoms with Crippen molar-refractivity contribution in [3.8, 4) is 11.1 Å². The SMILES string of the molecule is CCC1=Cc2c(ccc(C(C)C)c2-c2cc(C)cc(C)c2)C1. The van der Waals surface area contributed by atoms with E-state index in [4.69, 9.17) is 0 Å². The third kappa shape index (κ3) is 2.63. The van der Waals surface area contributed by atoms with Crippen molar-refractivity contribution in [2.24, 2.45) is 0 Å². The lowest BCUT2D eigenvalue weighted by atomic mass is 9.86. The standard InChI is InChI=1S/C22H26/c1-6-17-12-18-7-8-20(14(2)3)22(21(18)13-17)19-10-15(4)9-16(5)11-19/h7-11,13-14H,6,12H2,1-5H3. The number of benzene rings is 2. The van der Waals surface area contributed by atoms with Gasteiger partial charge in [0.1, 0.15) is 0 Å². The van der Waals surface area contributed by atoms with Crippen molar-refractivity contribution in [3.63, 3.8) is 0 Å². The molecule has 0 saturated heterocycles. The zero-order valence-electron chi connectivity index (χ0n) is 14.5. The smallest absolute Gasteiger partial charge is 0.00577 e. The fourth-order valence-electron chi connectivity index (χ4n) is 3.65. The second-order valence-electron chi connectivity index (χ2n) is 6.97. The summed E-state index contributed by atoms with van der Waals surface area (Å²) < 4.78 is 0. The van der Waals surface area contributed by atoms with Crippen LogP contribution < -0.4 is 0 Å². The number of fused-ring (bicyclic) bond motifs is 1. The second kappa shape index (κ2) is 5.76. The van der Waals surface area contributed by atoms with Crippen molar-refractivity contribution in [3.05, 3.63) is 63.7 Å². The van der Waals surface area contributed by atoms with E-state index in [0.29, 0.717) is 5.92 Å². The Morgan fingerprint density at radius 2 is 1.68 bits per heavy atom. The first-order valence-electron chi connectivity index (χ1n) is 8.43. The lowest BCUT2D eigenvalue weighted by molar-refractivity contribution is 0.867. The van der Waals surface area contributed by atoms with Crippen LogP contribution in [0.1, 0.15) is 60.9 Å². The maximum atomic E-state index is 2.44. The van der Waals surface area contributed by atoms with Crippen molar-refractivity contribution in [2.45, 2.75) is 53.4 Å². The van der Waals surface area contributed by atoms with Crippen molar-refractivity contribution in [1.82, 2.24) is 0 Å². The van der Waals surface area contributed by atoms with E-state index in [1.807, 2.05) is 0 Å². The Morgan fingerprint density at radius 1 is 1.00 bits per heavy atom. The Morgan fingerprint density at radius 3 is 2.27 bits per heavy atom. The zero-order valence-corrected chi connectivity index (χ0v) is 14.5. The fraction of sp³-hybridized carbons (Fsp3) is 0.364. The molecule has 0 spiro atoms. The Hall–Kier alpha value is -1.82. The van der Waals surface area contributed by atoms with Gasteiger partial charge in [-0.3, -0.25) is 0 Å². The lowest BCUT2D eigenvalue weighted by Crippen LogP contribution is -1.98. The molecule has 2 aromatic carbocycles.